The molecule has 0 unspecified atom stereocenters. The number of carbonyl (C=O) groups excluding carboxylic acids is 1. The minimum Gasteiger partial charge on any atom is -0.268 e. The molecule has 1 amide bonds. The van der Waals surface area contributed by atoms with Crippen molar-refractivity contribution in [3.8, 4) is 0 Å². The third kappa shape index (κ3) is 4.82. The third-order valence-electron chi connectivity index (χ3n) is 3.88. The molecule has 0 N–H and O–H groups in total. The summed E-state index contributed by atoms with van der Waals surface area (Å²) in [5, 5.41) is 0. The van der Waals surface area contributed by atoms with Crippen LogP contribution in [0.25, 0.3) is 0 Å². The van der Waals surface area contributed by atoms with Crippen LogP contribution in [0.1, 0.15) is 39.2 Å². The molecule has 0 aliphatic carbocycles. The number of aryl methyl sites for hydroxylation is 1. The van der Waals surface area contributed by atoms with E-state index in [4.69, 9.17) is 0 Å². The zero-order chi connectivity index (χ0) is 19.2. The molecule has 0 saturated carbocycles. The second kappa shape index (κ2) is 8.81. The van der Waals surface area contributed by atoms with Gasteiger partial charge in [0.1, 0.15) is 0 Å². The van der Waals surface area contributed by atoms with Crippen LogP contribution in [-0.2, 0) is 21.2 Å². The van der Waals surface area contributed by atoms with Crippen molar-refractivity contribution in [3.63, 3.8) is 0 Å². The van der Waals surface area contributed by atoms with Gasteiger partial charge in [-0.3, -0.25) is 4.79 Å². The number of anilines is 1. The Hall–Kier alpha value is -2.40. The lowest BCUT2D eigenvalue weighted by Gasteiger charge is -2.22. The Morgan fingerprint density at radius 2 is 1.62 bits per heavy atom. The predicted molar refractivity (Wildman–Crippen MR) is 106 cm³/mol. The number of nitrogens with zero attached hydrogens (tertiary/aromatic N) is 1. The molecule has 2 aromatic carbocycles. The lowest BCUT2D eigenvalue weighted by atomic mass is 10.1. The molecule has 5 heteroatoms. The first-order valence-electron chi connectivity index (χ1n) is 8.74. The van der Waals surface area contributed by atoms with Crippen LogP contribution < -0.4 is 4.31 Å². The summed E-state index contributed by atoms with van der Waals surface area (Å²) >= 11 is 0. The Balaban J connectivity index is 2.48. The minimum atomic E-state index is -3.99. The van der Waals surface area contributed by atoms with E-state index < -0.39 is 15.9 Å². The molecular weight excluding hydrogens is 346 g/mol. The van der Waals surface area contributed by atoms with E-state index in [1.165, 1.54) is 18.2 Å². The van der Waals surface area contributed by atoms with Gasteiger partial charge in [0.2, 0.25) is 0 Å². The van der Waals surface area contributed by atoms with Crippen molar-refractivity contribution in [3.05, 3.63) is 71.8 Å². The minimum absolute atomic E-state index is 0.0885. The number of allylic oxidation sites excluding steroid dienone is 1. The molecule has 138 valence electrons. The highest BCUT2D eigenvalue weighted by molar-refractivity contribution is 7.93. The first-order chi connectivity index (χ1) is 12.4. The maximum Gasteiger partial charge on any atom is 0.271 e. The average Bonchev–Trinajstić information content (AvgIpc) is 2.61. The van der Waals surface area contributed by atoms with Crippen molar-refractivity contribution in [2.45, 2.75) is 44.9 Å². The van der Waals surface area contributed by atoms with Gasteiger partial charge in [0.25, 0.3) is 15.9 Å². The van der Waals surface area contributed by atoms with E-state index in [-0.39, 0.29) is 4.90 Å². The van der Waals surface area contributed by atoms with E-state index in [0.29, 0.717) is 5.69 Å². The van der Waals surface area contributed by atoms with Gasteiger partial charge in [0, 0.05) is 6.08 Å². The van der Waals surface area contributed by atoms with Gasteiger partial charge < -0.3 is 0 Å². The molecule has 0 radical (unpaired) electrons. The molecule has 0 fully saturated rings. The van der Waals surface area contributed by atoms with Crippen LogP contribution in [0.2, 0.25) is 0 Å². The van der Waals surface area contributed by atoms with Crippen molar-refractivity contribution in [1.82, 2.24) is 0 Å². The second-order valence-corrected chi connectivity index (χ2v) is 8.20. The number of amides is 1. The predicted octanol–water partition coefficient (Wildman–Crippen LogP) is 4.72. The van der Waals surface area contributed by atoms with Crippen molar-refractivity contribution < 1.29 is 13.2 Å². The Labute approximate surface area is 156 Å². The van der Waals surface area contributed by atoms with E-state index in [2.05, 4.69) is 6.92 Å². The highest BCUT2D eigenvalue weighted by Crippen LogP contribution is 2.25. The fourth-order valence-electron chi connectivity index (χ4n) is 2.57. The van der Waals surface area contributed by atoms with Crippen LogP contribution in [0, 0.1) is 0 Å². The molecule has 4 nitrogen and oxygen atoms in total. The van der Waals surface area contributed by atoms with E-state index in [0.717, 1.165) is 34.7 Å². The number of hydrogen-bond acceptors (Lipinski definition) is 3. The molecule has 2 rings (SSSR count). The van der Waals surface area contributed by atoms with Crippen LogP contribution in [0.5, 0.6) is 0 Å². The number of unbranched alkanes of at least 4 members (excludes halogenated alkanes) is 1. The van der Waals surface area contributed by atoms with Gasteiger partial charge in [-0.15, -0.1) is 0 Å². The van der Waals surface area contributed by atoms with E-state index in [1.807, 2.05) is 12.1 Å². The van der Waals surface area contributed by atoms with Gasteiger partial charge >= 0.3 is 0 Å². The van der Waals surface area contributed by atoms with Crippen LogP contribution in [0.15, 0.2) is 71.1 Å². The van der Waals surface area contributed by atoms with Crippen LogP contribution >= 0.6 is 0 Å². The van der Waals surface area contributed by atoms with Gasteiger partial charge in [-0.05, 0) is 56.5 Å². The highest BCUT2D eigenvalue weighted by Gasteiger charge is 2.29. The van der Waals surface area contributed by atoms with Gasteiger partial charge in [-0.1, -0.05) is 49.2 Å². The first kappa shape index (κ1) is 19.9. The molecule has 0 saturated heterocycles. The third-order valence-corrected chi connectivity index (χ3v) is 5.62. The summed E-state index contributed by atoms with van der Waals surface area (Å²) in [7, 11) is -3.99. The lowest BCUT2D eigenvalue weighted by molar-refractivity contribution is -0.113. The van der Waals surface area contributed by atoms with Gasteiger partial charge in [0.05, 0.1) is 10.6 Å². The zero-order valence-electron chi connectivity index (χ0n) is 15.5. The highest BCUT2D eigenvalue weighted by atomic mass is 32.2. The standard InChI is InChI=1S/C21H25NO3S/c1-4-5-9-18-12-14-19(15-13-18)22(21(23)16-17(2)3)26(24,25)20-10-7-6-8-11-20/h6-8,10-16H,4-5,9H2,1-3H3. The normalized spacial score (nSPS) is 11.0. The van der Waals surface area contributed by atoms with Gasteiger partial charge in [-0.25, -0.2) is 8.42 Å². The number of sulfonamides is 1. The zero-order valence-corrected chi connectivity index (χ0v) is 16.3. The summed E-state index contributed by atoms with van der Waals surface area (Å²) in [5.41, 5.74) is 2.21. The van der Waals surface area contributed by atoms with Crippen molar-refractivity contribution >= 4 is 21.6 Å². The first-order valence-corrected chi connectivity index (χ1v) is 10.2. The fraction of sp³-hybridized carbons (Fsp3) is 0.286. The Morgan fingerprint density at radius 3 is 2.15 bits per heavy atom. The number of carbonyl (C=O) groups is 1. The molecule has 0 aliphatic heterocycles. The molecule has 0 spiro atoms. The molecule has 0 aromatic heterocycles. The van der Waals surface area contributed by atoms with Gasteiger partial charge in [0.15, 0.2) is 0 Å². The Morgan fingerprint density at radius 1 is 1.00 bits per heavy atom. The summed E-state index contributed by atoms with van der Waals surface area (Å²) < 4.78 is 27.1. The Bertz CT molecular complexity index is 865. The smallest absolute Gasteiger partial charge is 0.268 e. The largest absolute Gasteiger partial charge is 0.271 e. The van der Waals surface area contributed by atoms with Crippen molar-refractivity contribution in [2.24, 2.45) is 0 Å². The summed E-state index contributed by atoms with van der Waals surface area (Å²) in [4.78, 5) is 12.8. The molecule has 0 heterocycles. The van der Waals surface area contributed by atoms with Crippen molar-refractivity contribution in [1.29, 1.82) is 0 Å². The molecule has 0 aliphatic rings. The van der Waals surface area contributed by atoms with Crippen LogP contribution in [-0.4, -0.2) is 14.3 Å². The van der Waals surface area contributed by atoms with Gasteiger partial charge in [-0.2, -0.15) is 4.31 Å². The van der Waals surface area contributed by atoms with E-state index in [9.17, 15) is 13.2 Å². The Kier molecular flexibility index (Phi) is 6.75. The molecular formula is C21H25NO3S. The van der Waals surface area contributed by atoms with Crippen LogP contribution in [0.3, 0.4) is 0 Å². The molecule has 26 heavy (non-hydrogen) atoms. The molecule has 0 atom stereocenters. The van der Waals surface area contributed by atoms with E-state index in [1.54, 1.807) is 44.2 Å². The number of hydrogen-bond donors (Lipinski definition) is 0. The summed E-state index contributed by atoms with van der Waals surface area (Å²) in [6.45, 7) is 5.65. The maximum atomic E-state index is 13.1. The molecule has 0 bridgehead atoms. The topological polar surface area (TPSA) is 54.5 Å². The maximum absolute atomic E-state index is 13.1. The fourth-order valence-corrected chi connectivity index (χ4v) is 3.97. The monoisotopic (exact) mass is 371 g/mol. The number of rotatable bonds is 7. The quantitative estimate of drug-likeness (QED) is 0.662. The number of benzene rings is 2. The second-order valence-electron chi connectivity index (χ2n) is 6.41. The van der Waals surface area contributed by atoms with Crippen LogP contribution in [0.4, 0.5) is 5.69 Å². The van der Waals surface area contributed by atoms with E-state index >= 15 is 0 Å². The summed E-state index contributed by atoms with van der Waals surface area (Å²) in [6, 6.07) is 15.2. The SMILES string of the molecule is CCCCc1ccc(N(C(=O)C=C(C)C)S(=O)(=O)c2ccccc2)cc1. The summed E-state index contributed by atoms with van der Waals surface area (Å²) in [6.07, 6.45) is 4.44. The summed E-state index contributed by atoms with van der Waals surface area (Å²) in [5.74, 6) is -0.574. The molecule has 2 aromatic rings. The lowest BCUT2D eigenvalue weighted by Crippen LogP contribution is -2.36. The van der Waals surface area contributed by atoms with Crippen molar-refractivity contribution in [2.75, 3.05) is 4.31 Å². The average molecular weight is 372 g/mol.